The SMILES string of the molecule is Cc1cc(OC(C)C)nc(N(C)CC2CC(Br)C2)n1. The highest BCUT2D eigenvalue weighted by Crippen LogP contribution is 2.34. The van der Waals surface area contributed by atoms with Crippen LogP contribution in [0.5, 0.6) is 5.88 Å². The highest BCUT2D eigenvalue weighted by Gasteiger charge is 2.28. The number of halogens is 1. The predicted molar refractivity (Wildman–Crippen MR) is 81.2 cm³/mol. The molecule has 1 aliphatic carbocycles. The van der Waals surface area contributed by atoms with Gasteiger partial charge in [0.2, 0.25) is 11.8 Å². The lowest BCUT2D eigenvalue weighted by molar-refractivity contribution is 0.232. The largest absolute Gasteiger partial charge is 0.475 e. The van der Waals surface area contributed by atoms with Crippen molar-refractivity contribution in [3.8, 4) is 5.88 Å². The van der Waals surface area contributed by atoms with Gasteiger partial charge in [-0.2, -0.15) is 4.98 Å². The molecule has 1 saturated carbocycles. The van der Waals surface area contributed by atoms with Gasteiger partial charge < -0.3 is 9.64 Å². The van der Waals surface area contributed by atoms with Gasteiger partial charge in [0.25, 0.3) is 0 Å². The molecule has 5 heteroatoms. The fourth-order valence-electron chi connectivity index (χ4n) is 2.27. The van der Waals surface area contributed by atoms with Crippen LogP contribution in [0.4, 0.5) is 5.95 Å². The summed E-state index contributed by atoms with van der Waals surface area (Å²) in [5.74, 6) is 2.16. The summed E-state index contributed by atoms with van der Waals surface area (Å²) in [6, 6.07) is 1.88. The van der Waals surface area contributed by atoms with Crippen LogP contribution in [0.15, 0.2) is 6.07 Å². The topological polar surface area (TPSA) is 38.2 Å². The molecule has 0 aromatic carbocycles. The second-order valence-electron chi connectivity index (χ2n) is 5.63. The molecule has 0 bridgehead atoms. The highest BCUT2D eigenvalue weighted by atomic mass is 79.9. The van der Waals surface area contributed by atoms with Crippen molar-refractivity contribution in [1.29, 1.82) is 0 Å². The summed E-state index contributed by atoms with van der Waals surface area (Å²) in [5.41, 5.74) is 0.944. The summed E-state index contributed by atoms with van der Waals surface area (Å²) in [7, 11) is 2.05. The fourth-order valence-corrected chi connectivity index (χ4v) is 3.33. The van der Waals surface area contributed by atoms with Crippen LogP contribution in [0.2, 0.25) is 0 Å². The number of alkyl halides is 1. The maximum atomic E-state index is 5.66. The van der Waals surface area contributed by atoms with Gasteiger partial charge in [0.05, 0.1) is 6.10 Å². The Morgan fingerprint density at radius 2 is 2.11 bits per heavy atom. The van der Waals surface area contributed by atoms with Gasteiger partial charge in [-0.15, -0.1) is 0 Å². The first-order valence-electron chi connectivity index (χ1n) is 6.81. The molecule has 2 rings (SSSR count). The smallest absolute Gasteiger partial charge is 0.228 e. The standard InChI is InChI=1S/C14H22BrN3O/c1-9(2)19-13-5-10(3)16-14(17-13)18(4)8-11-6-12(15)7-11/h5,9,11-12H,6-8H2,1-4H3. The highest BCUT2D eigenvalue weighted by molar-refractivity contribution is 9.09. The van der Waals surface area contributed by atoms with Crippen LogP contribution in [0.1, 0.15) is 32.4 Å². The van der Waals surface area contributed by atoms with E-state index in [4.69, 9.17) is 4.74 Å². The normalized spacial score (nSPS) is 22.2. The van der Waals surface area contributed by atoms with Crippen LogP contribution >= 0.6 is 15.9 Å². The molecule has 19 heavy (non-hydrogen) atoms. The monoisotopic (exact) mass is 327 g/mol. The van der Waals surface area contributed by atoms with Crippen LogP contribution in [0.25, 0.3) is 0 Å². The molecule has 0 spiro atoms. The molecule has 0 saturated heterocycles. The molecule has 0 aliphatic heterocycles. The summed E-state index contributed by atoms with van der Waals surface area (Å²) in [4.78, 5) is 11.8. The van der Waals surface area contributed by atoms with Gasteiger partial charge in [-0.25, -0.2) is 4.98 Å². The van der Waals surface area contributed by atoms with E-state index in [9.17, 15) is 0 Å². The Balaban J connectivity index is 2.03. The summed E-state index contributed by atoms with van der Waals surface area (Å²) in [5, 5.41) is 0. The van der Waals surface area contributed by atoms with Gasteiger partial charge in [-0.05, 0) is 39.5 Å². The maximum absolute atomic E-state index is 5.66. The zero-order chi connectivity index (χ0) is 14.0. The Hall–Kier alpha value is -0.840. The number of hydrogen-bond acceptors (Lipinski definition) is 4. The molecular formula is C14H22BrN3O. The van der Waals surface area contributed by atoms with Crippen LogP contribution < -0.4 is 9.64 Å². The molecule has 1 aromatic heterocycles. The number of aryl methyl sites for hydroxylation is 1. The molecule has 1 aromatic rings. The Kier molecular flexibility index (Phi) is 4.66. The lowest BCUT2D eigenvalue weighted by Gasteiger charge is -2.34. The van der Waals surface area contributed by atoms with E-state index in [1.165, 1.54) is 12.8 Å². The third-order valence-corrected chi connectivity index (χ3v) is 3.97. The zero-order valence-electron chi connectivity index (χ0n) is 12.1. The van der Waals surface area contributed by atoms with Crippen molar-refractivity contribution in [1.82, 2.24) is 9.97 Å². The van der Waals surface area contributed by atoms with Crippen LogP contribution in [0, 0.1) is 12.8 Å². The molecular weight excluding hydrogens is 306 g/mol. The van der Waals surface area contributed by atoms with Crippen molar-refractivity contribution in [2.24, 2.45) is 5.92 Å². The molecule has 0 radical (unpaired) electrons. The van der Waals surface area contributed by atoms with Crippen LogP contribution in [-0.2, 0) is 0 Å². The first kappa shape index (κ1) is 14.6. The fraction of sp³-hybridized carbons (Fsp3) is 0.714. The minimum absolute atomic E-state index is 0.133. The van der Waals surface area contributed by atoms with E-state index in [0.717, 1.165) is 24.1 Å². The number of ether oxygens (including phenoxy) is 1. The number of aromatic nitrogens is 2. The maximum Gasteiger partial charge on any atom is 0.228 e. The summed E-state index contributed by atoms with van der Waals surface area (Å²) in [6.45, 7) is 6.99. The van der Waals surface area contributed by atoms with E-state index in [1.54, 1.807) is 0 Å². The molecule has 106 valence electrons. The average Bonchev–Trinajstić information content (AvgIpc) is 2.25. The van der Waals surface area contributed by atoms with Crippen molar-refractivity contribution < 1.29 is 4.74 Å². The Morgan fingerprint density at radius 3 is 2.68 bits per heavy atom. The molecule has 0 amide bonds. The number of rotatable bonds is 5. The molecule has 1 fully saturated rings. The van der Waals surface area contributed by atoms with E-state index in [-0.39, 0.29) is 6.10 Å². The molecule has 0 N–H and O–H groups in total. The second kappa shape index (κ2) is 6.07. The third kappa shape index (κ3) is 4.06. The first-order valence-corrected chi connectivity index (χ1v) is 7.73. The quantitative estimate of drug-likeness (QED) is 0.778. The van der Waals surface area contributed by atoms with E-state index < -0.39 is 0 Å². The molecule has 1 heterocycles. The van der Waals surface area contributed by atoms with E-state index >= 15 is 0 Å². The molecule has 0 unspecified atom stereocenters. The molecule has 4 nitrogen and oxygen atoms in total. The number of anilines is 1. The lowest BCUT2D eigenvalue weighted by Crippen LogP contribution is -2.35. The van der Waals surface area contributed by atoms with E-state index in [0.29, 0.717) is 10.7 Å². The minimum atomic E-state index is 0.133. The summed E-state index contributed by atoms with van der Waals surface area (Å²) < 4.78 is 5.66. The van der Waals surface area contributed by atoms with Crippen molar-refractivity contribution >= 4 is 21.9 Å². The van der Waals surface area contributed by atoms with Crippen molar-refractivity contribution in [3.05, 3.63) is 11.8 Å². The van der Waals surface area contributed by atoms with E-state index in [2.05, 4.69) is 37.8 Å². The average molecular weight is 328 g/mol. The summed E-state index contributed by atoms with van der Waals surface area (Å²) >= 11 is 3.63. The van der Waals surface area contributed by atoms with Gasteiger partial charge in [0, 0.05) is 30.2 Å². The second-order valence-corrected chi connectivity index (χ2v) is 6.92. The zero-order valence-corrected chi connectivity index (χ0v) is 13.6. The first-order chi connectivity index (χ1) is 8.94. The Morgan fingerprint density at radius 1 is 1.42 bits per heavy atom. The van der Waals surface area contributed by atoms with E-state index in [1.807, 2.05) is 26.8 Å². The van der Waals surface area contributed by atoms with Gasteiger partial charge in [-0.3, -0.25) is 0 Å². The number of hydrogen-bond donors (Lipinski definition) is 0. The molecule has 1 aliphatic rings. The molecule has 0 atom stereocenters. The Bertz CT molecular complexity index is 433. The van der Waals surface area contributed by atoms with Crippen molar-refractivity contribution in [3.63, 3.8) is 0 Å². The van der Waals surface area contributed by atoms with Gasteiger partial charge in [0.1, 0.15) is 0 Å². The van der Waals surface area contributed by atoms with Gasteiger partial charge in [0.15, 0.2) is 0 Å². The third-order valence-electron chi connectivity index (χ3n) is 3.23. The summed E-state index contributed by atoms with van der Waals surface area (Å²) in [6.07, 6.45) is 2.62. The minimum Gasteiger partial charge on any atom is -0.475 e. The lowest BCUT2D eigenvalue weighted by atomic mass is 9.85. The van der Waals surface area contributed by atoms with Crippen molar-refractivity contribution in [2.45, 2.75) is 44.5 Å². The van der Waals surface area contributed by atoms with Crippen molar-refractivity contribution in [2.75, 3.05) is 18.5 Å². The van der Waals surface area contributed by atoms with Crippen LogP contribution in [0.3, 0.4) is 0 Å². The Labute approximate surface area is 123 Å². The van der Waals surface area contributed by atoms with Gasteiger partial charge >= 0.3 is 0 Å². The number of nitrogens with zero attached hydrogens (tertiary/aromatic N) is 3. The predicted octanol–water partition coefficient (Wildman–Crippen LogP) is 3.18. The van der Waals surface area contributed by atoms with Crippen LogP contribution in [-0.4, -0.2) is 34.5 Å². The van der Waals surface area contributed by atoms with Gasteiger partial charge in [-0.1, -0.05) is 15.9 Å².